The highest BCUT2D eigenvalue weighted by molar-refractivity contribution is 9.10. The lowest BCUT2D eigenvalue weighted by Gasteiger charge is -2.12. The van der Waals surface area contributed by atoms with Gasteiger partial charge in [-0.05, 0) is 35.3 Å². The maximum atomic E-state index is 12.7. The van der Waals surface area contributed by atoms with Crippen molar-refractivity contribution in [2.24, 2.45) is 0 Å². The number of nitrogens with zero attached hydrogens (tertiary/aromatic N) is 2. The highest BCUT2D eigenvalue weighted by atomic mass is 79.9. The molecule has 2 rings (SSSR count). The molecule has 2 aromatic heterocycles. The summed E-state index contributed by atoms with van der Waals surface area (Å²) in [5, 5.41) is 6.40. The number of thiazole rings is 1. The van der Waals surface area contributed by atoms with Crippen LogP contribution in [0.5, 0.6) is 0 Å². The molecule has 24 heavy (non-hydrogen) atoms. The summed E-state index contributed by atoms with van der Waals surface area (Å²) in [6, 6.07) is 1.03. The molecule has 2 heterocycles. The van der Waals surface area contributed by atoms with Crippen LogP contribution in [-0.2, 0) is 6.18 Å². The van der Waals surface area contributed by atoms with E-state index >= 15 is 0 Å². The Morgan fingerprint density at radius 2 is 2.17 bits per heavy atom. The van der Waals surface area contributed by atoms with E-state index in [1.165, 1.54) is 12.3 Å². The fourth-order valence-corrected chi connectivity index (χ4v) is 3.07. The monoisotopic (exact) mass is 422 g/mol. The Morgan fingerprint density at radius 1 is 1.46 bits per heavy atom. The van der Waals surface area contributed by atoms with Crippen LogP contribution >= 0.6 is 27.3 Å². The fourth-order valence-electron chi connectivity index (χ4n) is 1.68. The first kappa shape index (κ1) is 18.7. The number of hydrogen-bond acceptors (Lipinski definition) is 4. The van der Waals surface area contributed by atoms with Gasteiger partial charge in [-0.3, -0.25) is 5.32 Å². The molecule has 2 aromatic rings. The summed E-state index contributed by atoms with van der Waals surface area (Å²) in [4.78, 5) is 19.4. The Morgan fingerprint density at radius 3 is 2.75 bits per heavy atom. The lowest BCUT2D eigenvalue weighted by atomic mass is 10.2. The summed E-state index contributed by atoms with van der Waals surface area (Å²) < 4.78 is 38.5. The summed E-state index contributed by atoms with van der Waals surface area (Å²) >= 11 is 4.11. The lowest BCUT2D eigenvalue weighted by Crippen LogP contribution is -2.35. The minimum Gasteiger partial charge on any atom is -0.335 e. The SMILES string of the molecule is CCC(C)NC(=O)Nc1cc(-c2nc(C(F)(F)F)cs2)c(Br)cn1. The van der Waals surface area contributed by atoms with Gasteiger partial charge in [-0.2, -0.15) is 13.2 Å². The van der Waals surface area contributed by atoms with Crippen molar-refractivity contribution in [3.8, 4) is 10.6 Å². The van der Waals surface area contributed by atoms with E-state index in [0.29, 0.717) is 10.0 Å². The molecule has 1 atom stereocenters. The van der Waals surface area contributed by atoms with Crippen LogP contribution < -0.4 is 10.6 Å². The van der Waals surface area contributed by atoms with Crippen LogP contribution in [0.3, 0.4) is 0 Å². The van der Waals surface area contributed by atoms with Crippen molar-refractivity contribution in [2.45, 2.75) is 32.5 Å². The summed E-state index contributed by atoms with van der Waals surface area (Å²) in [6.07, 6.45) is -2.32. The molecule has 0 aromatic carbocycles. The van der Waals surface area contributed by atoms with E-state index in [1.807, 2.05) is 13.8 Å². The average molecular weight is 423 g/mol. The third-order valence-corrected chi connectivity index (χ3v) is 4.62. The second kappa shape index (κ2) is 7.47. The molecule has 0 aliphatic heterocycles. The number of pyridine rings is 1. The number of amides is 2. The Hall–Kier alpha value is -1.68. The maximum absolute atomic E-state index is 12.7. The third kappa shape index (κ3) is 4.67. The number of urea groups is 1. The molecule has 5 nitrogen and oxygen atoms in total. The van der Waals surface area contributed by atoms with Gasteiger partial charge < -0.3 is 5.32 Å². The van der Waals surface area contributed by atoms with Crippen molar-refractivity contribution >= 4 is 39.1 Å². The first-order valence-electron chi connectivity index (χ1n) is 6.96. The van der Waals surface area contributed by atoms with Gasteiger partial charge in [-0.1, -0.05) is 6.92 Å². The van der Waals surface area contributed by atoms with Gasteiger partial charge in [0.1, 0.15) is 10.8 Å². The number of nitrogens with one attached hydrogen (secondary N) is 2. The van der Waals surface area contributed by atoms with Crippen LogP contribution in [0.2, 0.25) is 0 Å². The van der Waals surface area contributed by atoms with Gasteiger partial charge in [0.05, 0.1) is 0 Å². The number of anilines is 1. The zero-order valence-corrected chi connectivity index (χ0v) is 15.1. The summed E-state index contributed by atoms with van der Waals surface area (Å²) in [6.45, 7) is 3.79. The number of rotatable bonds is 4. The van der Waals surface area contributed by atoms with Crippen molar-refractivity contribution in [3.05, 3.63) is 27.8 Å². The van der Waals surface area contributed by atoms with Crippen molar-refractivity contribution in [2.75, 3.05) is 5.32 Å². The zero-order chi connectivity index (χ0) is 17.9. The predicted molar refractivity (Wildman–Crippen MR) is 90.0 cm³/mol. The van der Waals surface area contributed by atoms with E-state index in [4.69, 9.17) is 0 Å². The molecular formula is C14H14BrF3N4OS. The molecule has 130 valence electrons. The molecule has 2 N–H and O–H groups in total. The van der Waals surface area contributed by atoms with Crippen molar-refractivity contribution in [1.82, 2.24) is 15.3 Å². The van der Waals surface area contributed by atoms with Gasteiger partial charge in [-0.25, -0.2) is 14.8 Å². The highest BCUT2D eigenvalue weighted by Crippen LogP contribution is 2.36. The van der Waals surface area contributed by atoms with Gasteiger partial charge in [0.25, 0.3) is 0 Å². The molecule has 0 saturated heterocycles. The molecule has 2 amide bonds. The Labute approximate surface area is 148 Å². The molecule has 0 aliphatic carbocycles. The molecule has 10 heteroatoms. The number of halogens is 4. The van der Waals surface area contributed by atoms with E-state index in [0.717, 1.165) is 23.1 Å². The van der Waals surface area contributed by atoms with Crippen molar-refractivity contribution in [1.29, 1.82) is 0 Å². The normalized spacial score (nSPS) is 12.8. The van der Waals surface area contributed by atoms with Crippen LogP contribution in [-0.4, -0.2) is 22.0 Å². The van der Waals surface area contributed by atoms with Crippen LogP contribution in [0.4, 0.5) is 23.8 Å². The van der Waals surface area contributed by atoms with Crippen LogP contribution in [0.15, 0.2) is 22.1 Å². The van der Waals surface area contributed by atoms with E-state index < -0.39 is 17.9 Å². The van der Waals surface area contributed by atoms with Crippen LogP contribution in [0, 0.1) is 0 Å². The zero-order valence-electron chi connectivity index (χ0n) is 12.7. The Kier molecular flexibility index (Phi) is 5.81. The second-order valence-corrected chi connectivity index (χ2v) is 6.71. The van der Waals surface area contributed by atoms with Gasteiger partial charge in [0.15, 0.2) is 5.69 Å². The lowest BCUT2D eigenvalue weighted by molar-refractivity contribution is -0.140. The molecule has 0 radical (unpaired) electrons. The van der Waals surface area contributed by atoms with Gasteiger partial charge in [0.2, 0.25) is 0 Å². The summed E-state index contributed by atoms with van der Waals surface area (Å²) in [5.74, 6) is 0.220. The Bertz CT molecular complexity index is 735. The van der Waals surface area contributed by atoms with Gasteiger partial charge in [-0.15, -0.1) is 11.3 Å². The number of alkyl halides is 3. The summed E-state index contributed by atoms with van der Waals surface area (Å²) in [7, 11) is 0. The first-order chi connectivity index (χ1) is 11.2. The second-order valence-electron chi connectivity index (χ2n) is 4.99. The van der Waals surface area contributed by atoms with Gasteiger partial charge >= 0.3 is 12.2 Å². The van der Waals surface area contributed by atoms with E-state index in [1.54, 1.807) is 0 Å². The smallest absolute Gasteiger partial charge is 0.335 e. The standard InChI is InChI=1S/C14H14BrF3N4OS/c1-3-7(2)20-13(23)22-11-4-8(9(15)5-19-11)12-21-10(6-24-12)14(16,17)18/h4-7H,3H2,1-2H3,(H2,19,20,22,23). The van der Waals surface area contributed by atoms with Gasteiger partial charge in [0, 0.05) is 27.7 Å². The Balaban J connectivity index is 2.23. The third-order valence-electron chi connectivity index (χ3n) is 3.11. The molecule has 0 saturated carbocycles. The molecule has 0 aliphatic rings. The summed E-state index contributed by atoms with van der Waals surface area (Å²) in [5.41, 5.74) is -0.528. The van der Waals surface area contributed by atoms with Crippen LogP contribution in [0.1, 0.15) is 26.0 Å². The first-order valence-corrected chi connectivity index (χ1v) is 8.64. The largest absolute Gasteiger partial charge is 0.434 e. The topological polar surface area (TPSA) is 66.9 Å². The van der Waals surface area contributed by atoms with Crippen molar-refractivity contribution in [3.63, 3.8) is 0 Å². The minimum absolute atomic E-state index is 0.00627. The number of carbonyl (C=O) groups is 1. The molecule has 0 spiro atoms. The number of hydrogen-bond donors (Lipinski definition) is 2. The van der Waals surface area contributed by atoms with Crippen molar-refractivity contribution < 1.29 is 18.0 Å². The highest BCUT2D eigenvalue weighted by Gasteiger charge is 2.34. The number of carbonyl (C=O) groups excluding carboxylic acids is 1. The molecular weight excluding hydrogens is 409 g/mol. The van der Waals surface area contributed by atoms with E-state index in [2.05, 4.69) is 36.5 Å². The predicted octanol–water partition coefficient (Wildman–Crippen LogP) is 4.91. The maximum Gasteiger partial charge on any atom is 0.434 e. The van der Waals surface area contributed by atoms with E-state index in [-0.39, 0.29) is 16.9 Å². The molecule has 1 unspecified atom stereocenters. The molecule has 0 fully saturated rings. The molecule has 0 bridgehead atoms. The fraction of sp³-hybridized carbons (Fsp3) is 0.357. The quantitative estimate of drug-likeness (QED) is 0.735. The average Bonchev–Trinajstić information content (AvgIpc) is 2.98. The van der Waals surface area contributed by atoms with Crippen LogP contribution in [0.25, 0.3) is 10.6 Å². The minimum atomic E-state index is -4.49. The number of aromatic nitrogens is 2. The van der Waals surface area contributed by atoms with E-state index in [9.17, 15) is 18.0 Å².